The number of ether oxygens (including phenoxy) is 2. The molecule has 0 amide bonds. The highest BCUT2D eigenvalue weighted by molar-refractivity contribution is 5.37. The van der Waals surface area contributed by atoms with Crippen molar-refractivity contribution in [1.29, 1.82) is 0 Å². The summed E-state index contributed by atoms with van der Waals surface area (Å²) in [7, 11) is 0. The molecule has 0 radical (unpaired) electrons. The quantitative estimate of drug-likeness (QED) is 0.101. The van der Waals surface area contributed by atoms with E-state index in [1.165, 1.54) is 41.6 Å². The van der Waals surface area contributed by atoms with Crippen molar-refractivity contribution >= 4 is 0 Å². The van der Waals surface area contributed by atoms with Crippen molar-refractivity contribution in [3.63, 3.8) is 0 Å². The molecule has 2 rings (SSSR count). The SMILES string of the molecule is CC1=C(/C=C/C(C)=C/C=C/C(C)=C/C=C/C=C(C)/C=C/C=C(C)/C=C/C=C(C)/C=C/C(O)C(C)(C)O[C@@H]2O[C@H](CO)[C@@H](O)[C@H](O)[C@H]2O)C(C)(C)CCC1. The van der Waals surface area contributed by atoms with E-state index in [9.17, 15) is 25.5 Å². The van der Waals surface area contributed by atoms with Gasteiger partial charge in [-0.1, -0.05) is 151 Å². The first-order valence-electron chi connectivity index (χ1n) is 18.7. The van der Waals surface area contributed by atoms with Crippen LogP contribution in [0.4, 0.5) is 0 Å². The molecule has 292 valence electrons. The largest absolute Gasteiger partial charge is 0.394 e. The second-order valence-electron chi connectivity index (χ2n) is 15.5. The summed E-state index contributed by atoms with van der Waals surface area (Å²) < 4.78 is 11.2. The Labute approximate surface area is 319 Å². The molecule has 1 aliphatic carbocycles. The smallest absolute Gasteiger partial charge is 0.187 e. The monoisotopic (exact) mass is 730 g/mol. The summed E-state index contributed by atoms with van der Waals surface area (Å²) in [6.07, 6.45) is 30.1. The molecular weight excluding hydrogens is 664 g/mol. The molecule has 1 unspecified atom stereocenters. The van der Waals surface area contributed by atoms with Crippen molar-refractivity contribution in [2.75, 3.05) is 6.61 Å². The number of allylic oxidation sites excluding steroid dienone is 23. The maximum Gasteiger partial charge on any atom is 0.187 e. The van der Waals surface area contributed by atoms with Gasteiger partial charge in [0, 0.05) is 0 Å². The van der Waals surface area contributed by atoms with Crippen LogP contribution in [0, 0.1) is 5.41 Å². The summed E-state index contributed by atoms with van der Waals surface area (Å²) in [5.74, 6) is 0. The molecule has 2 aliphatic rings. The maximum atomic E-state index is 10.8. The lowest BCUT2D eigenvalue weighted by Crippen LogP contribution is -2.61. The minimum atomic E-state index is -1.56. The van der Waals surface area contributed by atoms with Gasteiger partial charge in [-0.3, -0.25) is 0 Å². The Morgan fingerprint density at radius 3 is 1.72 bits per heavy atom. The summed E-state index contributed by atoms with van der Waals surface area (Å²) in [6.45, 7) is 19.9. The highest BCUT2D eigenvalue weighted by Gasteiger charge is 2.46. The normalized spacial score (nSPS) is 26.9. The standard InChI is InChI=1S/C46H66O7/c1-32(17-11-12-18-33(2)20-14-23-35(4)26-28-38-37(6)25-16-30-45(38,7)8)19-13-21-34(3)22-15-24-36(5)27-29-40(48)46(9,10)53-44-43(51)42(50)41(49)39(31-47)52-44/h11-15,17-24,26-29,39-44,47-51H,16,25,30-31H2,1-10H3/b12-11+,19-13+,20-14+,22-15+,28-26+,29-27+,32-17+,33-18+,34-21+,35-23+,36-24+/t39-,40?,41-,42+,43-,44+/m1/s1. The minimum Gasteiger partial charge on any atom is -0.394 e. The Balaban J connectivity index is 1.85. The summed E-state index contributed by atoms with van der Waals surface area (Å²) in [5, 5.41) is 50.4. The lowest BCUT2D eigenvalue weighted by atomic mass is 9.72. The second-order valence-corrected chi connectivity index (χ2v) is 15.5. The van der Waals surface area contributed by atoms with E-state index in [1.807, 2.05) is 56.4 Å². The molecule has 1 heterocycles. The van der Waals surface area contributed by atoms with Gasteiger partial charge in [-0.2, -0.15) is 0 Å². The van der Waals surface area contributed by atoms with Gasteiger partial charge in [0.1, 0.15) is 30.5 Å². The summed E-state index contributed by atoms with van der Waals surface area (Å²) in [4.78, 5) is 0. The fraction of sp³-hybridized carbons (Fsp3) is 0.478. The van der Waals surface area contributed by atoms with Gasteiger partial charge in [0.15, 0.2) is 6.29 Å². The number of aliphatic hydroxyl groups excluding tert-OH is 5. The van der Waals surface area contributed by atoms with Gasteiger partial charge in [0.05, 0.1) is 12.2 Å². The molecule has 0 aromatic heterocycles. The van der Waals surface area contributed by atoms with E-state index >= 15 is 0 Å². The van der Waals surface area contributed by atoms with E-state index in [2.05, 4.69) is 90.2 Å². The van der Waals surface area contributed by atoms with Gasteiger partial charge in [0.25, 0.3) is 0 Å². The molecular formula is C46H66O7. The van der Waals surface area contributed by atoms with Crippen LogP contribution in [0.3, 0.4) is 0 Å². The third-order valence-electron chi connectivity index (χ3n) is 9.56. The number of hydrogen-bond donors (Lipinski definition) is 5. The van der Waals surface area contributed by atoms with Crippen LogP contribution in [0.1, 0.15) is 88.5 Å². The Bertz CT molecular complexity index is 1570. The number of rotatable bonds is 16. The van der Waals surface area contributed by atoms with Crippen LogP contribution in [0.5, 0.6) is 0 Å². The Morgan fingerprint density at radius 1 is 0.755 bits per heavy atom. The van der Waals surface area contributed by atoms with Gasteiger partial charge in [-0.05, 0) is 85.6 Å². The maximum absolute atomic E-state index is 10.8. The Hall–Kier alpha value is -3.40. The number of aliphatic hydroxyl groups is 5. The van der Waals surface area contributed by atoms with Gasteiger partial charge in [-0.15, -0.1) is 0 Å². The molecule has 1 aliphatic heterocycles. The lowest BCUT2D eigenvalue weighted by Gasteiger charge is -2.43. The predicted molar refractivity (Wildman–Crippen MR) is 219 cm³/mol. The fourth-order valence-corrected chi connectivity index (χ4v) is 5.98. The minimum absolute atomic E-state index is 0.257. The van der Waals surface area contributed by atoms with Gasteiger partial charge in [0.2, 0.25) is 0 Å². The first kappa shape index (κ1) is 45.8. The molecule has 0 bridgehead atoms. The highest BCUT2D eigenvalue weighted by atomic mass is 16.7. The summed E-state index contributed by atoms with van der Waals surface area (Å²) in [5.41, 5.74) is 7.56. The second kappa shape index (κ2) is 22.1. The van der Waals surface area contributed by atoms with Crippen LogP contribution in [0.25, 0.3) is 0 Å². The molecule has 0 aromatic rings. The molecule has 0 spiro atoms. The molecule has 0 aromatic carbocycles. The predicted octanol–water partition coefficient (Wildman–Crippen LogP) is 8.54. The van der Waals surface area contributed by atoms with Gasteiger partial charge >= 0.3 is 0 Å². The summed E-state index contributed by atoms with van der Waals surface area (Å²) >= 11 is 0. The lowest BCUT2D eigenvalue weighted by molar-refractivity contribution is -0.329. The van der Waals surface area contributed by atoms with Gasteiger partial charge in [-0.25, -0.2) is 0 Å². The number of hydrogen-bond acceptors (Lipinski definition) is 7. The molecule has 1 fully saturated rings. The van der Waals surface area contributed by atoms with E-state index in [1.54, 1.807) is 26.0 Å². The Kier molecular flexibility index (Phi) is 19.1. The van der Waals surface area contributed by atoms with Crippen LogP contribution in [-0.2, 0) is 9.47 Å². The van der Waals surface area contributed by atoms with Crippen molar-refractivity contribution in [1.82, 2.24) is 0 Å². The first-order chi connectivity index (χ1) is 24.9. The van der Waals surface area contributed by atoms with Crippen molar-refractivity contribution in [3.8, 4) is 0 Å². The first-order valence-corrected chi connectivity index (χ1v) is 18.7. The van der Waals surface area contributed by atoms with E-state index < -0.39 is 49.0 Å². The molecule has 0 saturated carbocycles. The third-order valence-corrected chi connectivity index (χ3v) is 9.56. The van der Waals surface area contributed by atoms with Crippen molar-refractivity contribution in [3.05, 3.63) is 142 Å². The van der Waals surface area contributed by atoms with Crippen molar-refractivity contribution in [2.45, 2.75) is 131 Å². The van der Waals surface area contributed by atoms with Crippen LogP contribution in [0.2, 0.25) is 0 Å². The molecule has 7 nitrogen and oxygen atoms in total. The third kappa shape index (κ3) is 15.8. The van der Waals surface area contributed by atoms with E-state index in [-0.39, 0.29) is 5.41 Å². The van der Waals surface area contributed by atoms with E-state index in [4.69, 9.17) is 9.47 Å². The van der Waals surface area contributed by atoms with Crippen LogP contribution in [-0.4, -0.2) is 74.6 Å². The average molecular weight is 731 g/mol. The zero-order valence-electron chi connectivity index (χ0n) is 33.7. The molecule has 1 saturated heterocycles. The average Bonchev–Trinajstić information content (AvgIpc) is 3.08. The van der Waals surface area contributed by atoms with E-state index in [0.717, 1.165) is 16.7 Å². The summed E-state index contributed by atoms with van der Waals surface area (Å²) in [6, 6.07) is 0. The Morgan fingerprint density at radius 2 is 1.23 bits per heavy atom. The molecule has 7 heteroatoms. The fourth-order valence-electron chi connectivity index (χ4n) is 5.98. The van der Waals surface area contributed by atoms with Crippen LogP contribution >= 0.6 is 0 Å². The highest BCUT2D eigenvalue weighted by Crippen LogP contribution is 2.40. The topological polar surface area (TPSA) is 120 Å². The van der Waals surface area contributed by atoms with E-state index in [0.29, 0.717) is 0 Å². The molecule has 53 heavy (non-hydrogen) atoms. The molecule has 6 atom stereocenters. The van der Waals surface area contributed by atoms with Crippen LogP contribution in [0.15, 0.2) is 142 Å². The van der Waals surface area contributed by atoms with Crippen LogP contribution < -0.4 is 0 Å². The molecule has 5 N–H and O–H groups in total. The van der Waals surface area contributed by atoms with Gasteiger partial charge < -0.3 is 35.0 Å². The zero-order chi connectivity index (χ0) is 39.8. The van der Waals surface area contributed by atoms with Crippen molar-refractivity contribution < 1.29 is 35.0 Å². The zero-order valence-corrected chi connectivity index (χ0v) is 33.7. The van der Waals surface area contributed by atoms with Crippen molar-refractivity contribution in [2.24, 2.45) is 5.41 Å².